The monoisotopic (exact) mass is 418 g/mol. The Morgan fingerprint density at radius 2 is 1.79 bits per heavy atom. The zero-order chi connectivity index (χ0) is 17.1. The second kappa shape index (κ2) is 7.29. The molecule has 0 aromatic heterocycles. The molecule has 7 heteroatoms. The van der Waals surface area contributed by atoms with Crippen LogP contribution in [0.1, 0.15) is 15.9 Å². The topological polar surface area (TPSA) is 49.4 Å². The van der Waals surface area contributed by atoms with Gasteiger partial charge in [0, 0.05) is 10.0 Å². The van der Waals surface area contributed by atoms with Crippen LogP contribution in [-0.2, 0) is 4.79 Å². The number of carbonyl (C=O) groups excluding carboxylic acids is 2. The summed E-state index contributed by atoms with van der Waals surface area (Å²) in [6, 6.07) is 16.3. The first-order valence-electron chi connectivity index (χ1n) is 6.94. The van der Waals surface area contributed by atoms with Gasteiger partial charge in [0.15, 0.2) is 4.32 Å². The standard InChI is InChI=1S/C17H11BrN2O2S2/c18-13-8-6-12(7-9-13)15(21)19-20-16(22)14(24-17(20)23)10-11-4-2-1-3-5-11/h1-10H,(H,19,21)/b14-10-. The van der Waals surface area contributed by atoms with Crippen LogP contribution in [0.25, 0.3) is 6.08 Å². The van der Waals surface area contributed by atoms with Gasteiger partial charge in [0.2, 0.25) is 0 Å². The number of hydrazine groups is 1. The quantitative estimate of drug-likeness (QED) is 0.604. The summed E-state index contributed by atoms with van der Waals surface area (Å²) in [7, 11) is 0. The zero-order valence-electron chi connectivity index (χ0n) is 12.2. The van der Waals surface area contributed by atoms with E-state index in [2.05, 4.69) is 21.4 Å². The Balaban J connectivity index is 1.76. The highest BCUT2D eigenvalue weighted by Gasteiger charge is 2.33. The molecular formula is C17H11BrN2O2S2. The van der Waals surface area contributed by atoms with Crippen LogP contribution in [0.2, 0.25) is 0 Å². The number of benzene rings is 2. The van der Waals surface area contributed by atoms with Crippen molar-refractivity contribution in [1.82, 2.24) is 10.4 Å². The first-order chi connectivity index (χ1) is 11.5. The van der Waals surface area contributed by atoms with Gasteiger partial charge in [0.05, 0.1) is 4.91 Å². The van der Waals surface area contributed by atoms with Crippen LogP contribution < -0.4 is 5.43 Å². The van der Waals surface area contributed by atoms with Crippen LogP contribution in [0.5, 0.6) is 0 Å². The van der Waals surface area contributed by atoms with Crippen LogP contribution in [0.4, 0.5) is 0 Å². The summed E-state index contributed by atoms with van der Waals surface area (Å²) >= 11 is 9.68. The number of carbonyl (C=O) groups is 2. The number of nitrogens with one attached hydrogen (secondary N) is 1. The number of nitrogens with zero attached hydrogens (tertiary/aromatic N) is 1. The van der Waals surface area contributed by atoms with E-state index < -0.39 is 0 Å². The van der Waals surface area contributed by atoms with E-state index in [0.29, 0.717) is 14.8 Å². The molecule has 1 aliphatic heterocycles. The van der Waals surface area contributed by atoms with Crippen molar-refractivity contribution in [2.45, 2.75) is 0 Å². The highest BCUT2D eigenvalue weighted by Crippen LogP contribution is 2.31. The predicted molar refractivity (Wildman–Crippen MR) is 103 cm³/mol. The number of rotatable bonds is 3. The molecule has 1 N–H and O–H groups in total. The van der Waals surface area contributed by atoms with Crippen molar-refractivity contribution in [2.24, 2.45) is 0 Å². The molecule has 4 nitrogen and oxygen atoms in total. The van der Waals surface area contributed by atoms with E-state index in [1.165, 1.54) is 0 Å². The first kappa shape index (κ1) is 16.9. The molecule has 0 unspecified atom stereocenters. The number of thiocarbonyl (C=S) groups is 1. The Hall–Kier alpha value is -1.96. The van der Waals surface area contributed by atoms with E-state index in [1.54, 1.807) is 30.3 Å². The lowest BCUT2D eigenvalue weighted by Crippen LogP contribution is -2.44. The molecule has 0 atom stereocenters. The van der Waals surface area contributed by atoms with Crippen molar-refractivity contribution < 1.29 is 9.59 Å². The highest BCUT2D eigenvalue weighted by molar-refractivity contribution is 9.10. The number of halogens is 1. The maximum absolute atomic E-state index is 12.5. The molecule has 0 aliphatic carbocycles. The van der Waals surface area contributed by atoms with Gasteiger partial charge < -0.3 is 0 Å². The average Bonchev–Trinajstić information content (AvgIpc) is 2.84. The van der Waals surface area contributed by atoms with Crippen LogP contribution in [0.3, 0.4) is 0 Å². The Bertz CT molecular complexity index is 835. The highest BCUT2D eigenvalue weighted by atomic mass is 79.9. The minimum absolute atomic E-state index is 0.299. The molecule has 120 valence electrons. The van der Waals surface area contributed by atoms with Crippen LogP contribution in [0, 0.1) is 0 Å². The summed E-state index contributed by atoms with van der Waals surface area (Å²) in [4.78, 5) is 25.2. The van der Waals surface area contributed by atoms with Crippen molar-refractivity contribution >= 4 is 62.1 Å². The molecule has 24 heavy (non-hydrogen) atoms. The third-order valence-corrected chi connectivity index (χ3v) is 5.04. The van der Waals surface area contributed by atoms with E-state index >= 15 is 0 Å². The van der Waals surface area contributed by atoms with Crippen molar-refractivity contribution in [1.29, 1.82) is 0 Å². The Morgan fingerprint density at radius 1 is 1.12 bits per heavy atom. The molecule has 1 aliphatic rings. The van der Waals surface area contributed by atoms with Crippen molar-refractivity contribution in [3.05, 3.63) is 75.1 Å². The van der Waals surface area contributed by atoms with Crippen LogP contribution in [0.15, 0.2) is 64.0 Å². The summed E-state index contributed by atoms with van der Waals surface area (Å²) in [5, 5.41) is 1.11. The fraction of sp³-hybridized carbons (Fsp3) is 0. The second-order valence-electron chi connectivity index (χ2n) is 4.88. The predicted octanol–water partition coefficient (Wildman–Crippen LogP) is 4.00. The van der Waals surface area contributed by atoms with Gasteiger partial charge >= 0.3 is 0 Å². The molecule has 2 aromatic rings. The molecule has 1 heterocycles. The molecule has 0 saturated carbocycles. The van der Waals surface area contributed by atoms with Crippen molar-refractivity contribution in [3.63, 3.8) is 0 Å². The van der Waals surface area contributed by atoms with Crippen molar-refractivity contribution in [3.8, 4) is 0 Å². The van der Waals surface area contributed by atoms with E-state index in [-0.39, 0.29) is 11.8 Å². The van der Waals surface area contributed by atoms with Gasteiger partial charge in [0.25, 0.3) is 11.8 Å². The minimum atomic E-state index is -0.389. The van der Waals surface area contributed by atoms with Crippen LogP contribution >= 0.6 is 39.9 Å². The SMILES string of the molecule is O=C(NN1C(=O)/C(=C/c2ccccc2)SC1=S)c1ccc(Br)cc1. The van der Waals surface area contributed by atoms with E-state index in [1.807, 2.05) is 30.3 Å². The number of thioether (sulfide) groups is 1. The molecule has 0 radical (unpaired) electrons. The summed E-state index contributed by atoms with van der Waals surface area (Å²) in [5.41, 5.74) is 3.90. The largest absolute Gasteiger partial charge is 0.285 e. The second-order valence-corrected chi connectivity index (χ2v) is 7.47. The molecular weight excluding hydrogens is 408 g/mol. The van der Waals surface area contributed by atoms with Gasteiger partial charge in [-0.2, -0.15) is 5.01 Å². The fourth-order valence-electron chi connectivity index (χ4n) is 2.03. The van der Waals surface area contributed by atoms with Gasteiger partial charge in [-0.25, -0.2) is 0 Å². The summed E-state index contributed by atoms with van der Waals surface area (Å²) in [6.07, 6.45) is 1.76. The molecule has 0 bridgehead atoms. The molecule has 3 rings (SSSR count). The van der Waals surface area contributed by atoms with Gasteiger partial charge in [0.1, 0.15) is 0 Å². The molecule has 0 spiro atoms. The normalized spacial score (nSPS) is 15.9. The lowest BCUT2D eigenvalue weighted by Gasteiger charge is -2.15. The molecule has 1 fully saturated rings. The van der Waals surface area contributed by atoms with Crippen LogP contribution in [-0.4, -0.2) is 21.1 Å². The number of amides is 2. The van der Waals surface area contributed by atoms with Crippen molar-refractivity contribution in [2.75, 3.05) is 0 Å². The number of hydrogen-bond donors (Lipinski definition) is 1. The third-order valence-electron chi connectivity index (χ3n) is 3.21. The van der Waals surface area contributed by atoms with Gasteiger partial charge in [-0.1, -0.05) is 58.0 Å². The fourth-order valence-corrected chi connectivity index (χ4v) is 3.48. The van der Waals surface area contributed by atoms with E-state index in [9.17, 15) is 9.59 Å². The smallest absolute Gasteiger partial charge is 0.267 e. The summed E-state index contributed by atoms with van der Waals surface area (Å²) in [5.74, 6) is -0.723. The van der Waals surface area contributed by atoms with E-state index in [0.717, 1.165) is 26.8 Å². The maximum atomic E-state index is 12.5. The van der Waals surface area contributed by atoms with Gasteiger partial charge in [-0.15, -0.1) is 0 Å². The summed E-state index contributed by atoms with van der Waals surface area (Å²) in [6.45, 7) is 0. The molecule has 1 saturated heterocycles. The minimum Gasteiger partial charge on any atom is -0.267 e. The molecule has 2 amide bonds. The third kappa shape index (κ3) is 3.75. The lowest BCUT2D eigenvalue weighted by molar-refractivity contribution is -0.123. The van der Waals surface area contributed by atoms with Gasteiger partial charge in [-0.05, 0) is 48.1 Å². The number of hydrogen-bond acceptors (Lipinski definition) is 4. The Labute approximate surface area is 157 Å². The summed E-state index contributed by atoms with van der Waals surface area (Å²) < 4.78 is 1.17. The maximum Gasteiger partial charge on any atom is 0.285 e. The zero-order valence-corrected chi connectivity index (χ0v) is 15.5. The first-order valence-corrected chi connectivity index (χ1v) is 8.96. The Kier molecular flexibility index (Phi) is 5.13. The average molecular weight is 419 g/mol. The lowest BCUT2D eigenvalue weighted by atomic mass is 10.2. The van der Waals surface area contributed by atoms with Gasteiger partial charge in [-0.3, -0.25) is 15.0 Å². The Morgan fingerprint density at radius 3 is 2.46 bits per heavy atom. The molecule has 2 aromatic carbocycles. The van der Waals surface area contributed by atoms with E-state index in [4.69, 9.17) is 12.2 Å².